The fourth-order valence-electron chi connectivity index (χ4n) is 1.32. The zero-order valence-corrected chi connectivity index (χ0v) is 9.91. The lowest BCUT2D eigenvalue weighted by Gasteiger charge is -2.17. The largest absolute Gasteiger partial charge is 0.508 e. The van der Waals surface area contributed by atoms with Gasteiger partial charge in [-0.3, -0.25) is 4.84 Å². The number of hydroxylamine groups is 1. The van der Waals surface area contributed by atoms with Crippen LogP contribution in [0.1, 0.15) is 18.5 Å². The summed E-state index contributed by atoms with van der Waals surface area (Å²) in [5.74, 6) is 0.443. The minimum atomic E-state index is -4.40. The monoisotopic (exact) mass is 265 g/mol. The first-order chi connectivity index (χ1) is 8.33. The summed E-state index contributed by atoms with van der Waals surface area (Å²) in [4.78, 5) is 4.32. The molecule has 0 saturated heterocycles. The zero-order valence-electron chi connectivity index (χ0n) is 9.91. The van der Waals surface area contributed by atoms with Crippen molar-refractivity contribution in [1.82, 2.24) is 5.48 Å². The molecule has 0 aliphatic carbocycles. The maximum absolute atomic E-state index is 11.9. The molecule has 1 atom stereocenters. The van der Waals surface area contributed by atoms with Crippen LogP contribution in [-0.2, 0) is 4.84 Å². The van der Waals surface area contributed by atoms with Crippen molar-refractivity contribution in [3.05, 3.63) is 23.8 Å². The van der Waals surface area contributed by atoms with Crippen molar-refractivity contribution in [2.24, 2.45) is 0 Å². The van der Waals surface area contributed by atoms with Gasteiger partial charge in [0.05, 0.1) is 13.2 Å². The van der Waals surface area contributed by atoms with Crippen LogP contribution in [0.3, 0.4) is 0 Å². The third kappa shape index (κ3) is 4.42. The van der Waals surface area contributed by atoms with Gasteiger partial charge in [-0.1, -0.05) is 0 Å². The van der Waals surface area contributed by atoms with Crippen LogP contribution < -0.4 is 10.2 Å². The summed E-state index contributed by atoms with van der Waals surface area (Å²) in [6.07, 6.45) is -4.40. The van der Waals surface area contributed by atoms with Crippen LogP contribution in [0.4, 0.5) is 13.2 Å². The molecule has 0 heterocycles. The first-order valence-electron chi connectivity index (χ1n) is 5.14. The number of methoxy groups -OCH3 is 1. The van der Waals surface area contributed by atoms with Crippen molar-refractivity contribution in [2.45, 2.75) is 19.1 Å². The number of hydrogen-bond donors (Lipinski definition) is 2. The van der Waals surface area contributed by atoms with Crippen LogP contribution in [-0.4, -0.2) is 25.0 Å². The standard InChI is InChI=1S/C11H14F3NO3/c1-7(15-18-6-11(12,13)14)9-5-8(17-2)3-4-10(9)16/h3-5,7,15-16H,6H2,1-2H3. The number of hydrogen-bond acceptors (Lipinski definition) is 4. The van der Waals surface area contributed by atoms with E-state index < -0.39 is 18.8 Å². The topological polar surface area (TPSA) is 50.7 Å². The molecule has 1 aromatic rings. The first kappa shape index (κ1) is 14.6. The van der Waals surface area contributed by atoms with E-state index in [1.54, 1.807) is 13.0 Å². The van der Waals surface area contributed by atoms with Gasteiger partial charge in [-0.2, -0.15) is 18.7 Å². The molecular formula is C11H14F3NO3. The third-order valence-electron chi connectivity index (χ3n) is 2.20. The number of phenols is 1. The van der Waals surface area contributed by atoms with Gasteiger partial charge in [0.2, 0.25) is 0 Å². The van der Waals surface area contributed by atoms with E-state index in [4.69, 9.17) is 4.74 Å². The normalized spacial score (nSPS) is 13.4. The fraction of sp³-hybridized carbons (Fsp3) is 0.455. The van der Waals surface area contributed by atoms with Crippen LogP contribution in [0, 0.1) is 0 Å². The molecule has 1 aromatic carbocycles. The lowest BCUT2D eigenvalue weighted by Crippen LogP contribution is -2.26. The number of nitrogens with one attached hydrogen (secondary N) is 1. The lowest BCUT2D eigenvalue weighted by molar-refractivity contribution is -0.192. The highest BCUT2D eigenvalue weighted by Gasteiger charge is 2.28. The van der Waals surface area contributed by atoms with E-state index in [0.29, 0.717) is 11.3 Å². The number of ether oxygens (including phenoxy) is 1. The maximum atomic E-state index is 11.9. The van der Waals surface area contributed by atoms with Crippen molar-refractivity contribution in [3.63, 3.8) is 0 Å². The Morgan fingerprint density at radius 1 is 1.39 bits per heavy atom. The highest BCUT2D eigenvalue weighted by Crippen LogP contribution is 2.28. The van der Waals surface area contributed by atoms with Crippen molar-refractivity contribution in [1.29, 1.82) is 0 Å². The van der Waals surface area contributed by atoms with E-state index in [1.807, 2.05) is 0 Å². The Kier molecular flexibility index (Phi) is 4.80. The molecule has 18 heavy (non-hydrogen) atoms. The lowest BCUT2D eigenvalue weighted by atomic mass is 10.1. The second kappa shape index (κ2) is 5.92. The molecule has 0 radical (unpaired) electrons. The van der Waals surface area contributed by atoms with E-state index in [9.17, 15) is 18.3 Å². The van der Waals surface area contributed by atoms with Crippen LogP contribution in [0.2, 0.25) is 0 Å². The van der Waals surface area contributed by atoms with Crippen molar-refractivity contribution in [3.8, 4) is 11.5 Å². The molecule has 102 valence electrons. The quantitative estimate of drug-likeness (QED) is 0.803. The van der Waals surface area contributed by atoms with Gasteiger partial charge in [-0.15, -0.1) is 0 Å². The summed E-state index contributed by atoms with van der Waals surface area (Å²) in [5, 5.41) is 9.59. The highest BCUT2D eigenvalue weighted by atomic mass is 19.4. The second-order valence-electron chi connectivity index (χ2n) is 3.67. The summed E-state index contributed by atoms with van der Waals surface area (Å²) in [6, 6.07) is 3.85. The molecule has 7 heteroatoms. The highest BCUT2D eigenvalue weighted by molar-refractivity contribution is 5.40. The third-order valence-corrected chi connectivity index (χ3v) is 2.20. The number of rotatable bonds is 5. The molecule has 1 rings (SSSR count). The minimum absolute atomic E-state index is 0.0496. The smallest absolute Gasteiger partial charge is 0.413 e. The Morgan fingerprint density at radius 3 is 2.61 bits per heavy atom. The van der Waals surface area contributed by atoms with Crippen LogP contribution in [0.25, 0.3) is 0 Å². The molecule has 0 aliphatic heterocycles. The molecule has 2 N–H and O–H groups in total. The Balaban J connectivity index is 2.63. The molecule has 0 saturated carbocycles. The van der Waals surface area contributed by atoms with Gasteiger partial charge >= 0.3 is 6.18 Å². The van der Waals surface area contributed by atoms with Gasteiger partial charge in [0.15, 0.2) is 6.61 Å². The van der Waals surface area contributed by atoms with E-state index in [-0.39, 0.29) is 5.75 Å². The SMILES string of the molecule is COc1ccc(O)c(C(C)NOCC(F)(F)F)c1. The van der Waals surface area contributed by atoms with Gasteiger partial charge < -0.3 is 9.84 Å². The average molecular weight is 265 g/mol. The molecule has 4 nitrogen and oxygen atoms in total. The van der Waals surface area contributed by atoms with Crippen LogP contribution in [0.15, 0.2) is 18.2 Å². The van der Waals surface area contributed by atoms with Gasteiger partial charge in [-0.25, -0.2) is 0 Å². The number of alkyl halides is 3. The van der Waals surface area contributed by atoms with Gasteiger partial charge in [0.1, 0.15) is 11.5 Å². The molecular weight excluding hydrogens is 251 g/mol. The van der Waals surface area contributed by atoms with E-state index in [2.05, 4.69) is 10.3 Å². The maximum Gasteiger partial charge on any atom is 0.413 e. The van der Waals surface area contributed by atoms with Crippen LogP contribution in [0.5, 0.6) is 11.5 Å². The van der Waals surface area contributed by atoms with Gasteiger partial charge in [0.25, 0.3) is 0 Å². The minimum Gasteiger partial charge on any atom is -0.508 e. The Hall–Kier alpha value is -1.47. The second-order valence-corrected chi connectivity index (χ2v) is 3.67. The molecule has 0 aromatic heterocycles. The van der Waals surface area contributed by atoms with E-state index in [1.165, 1.54) is 19.2 Å². The summed E-state index contributed by atoms with van der Waals surface area (Å²) < 4.78 is 40.6. The number of halogens is 3. The molecule has 0 bridgehead atoms. The summed E-state index contributed by atoms with van der Waals surface area (Å²) in [6.45, 7) is 0.160. The van der Waals surface area contributed by atoms with Crippen molar-refractivity contribution < 1.29 is 27.9 Å². The predicted molar refractivity (Wildman–Crippen MR) is 58.2 cm³/mol. The number of phenolic OH excluding ortho intramolecular Hbond substituents is 1. The molecule has 0 spiro atoms. The number of benzene rings is 1. The Bertz CT molecular complexity index is 396. The Morgan fingerprint density at radius 2 is 2.06 bits per heavy atom. The van der Waals surface area contributed by atoms with Crippen molar-refractivity contribution in [2.75, 3.05) is 13.7 Å². The fourth-order valence-corrected chi connectivity index (χ4v) is 1.32. The summed E-state index contributed by atoms with van der Waals surface area (Å²) in [5.41, 5.74) is 2.60. The van der Waals surface area contributed by atoms with Gasteiger partial charge in [-0.05, 0) is 25.1 Å². The molecule has 0 aliphatic rings. The van der Waals surface area contributed by atoms with Crippen LogP contribution >= 0.6 is 0 Å². The summed E-state index contributed by atoms with van der Waals surface area (Å²) >= 11 is 0. The van der Waals surface area contributed by atoms with Gasteiger partial charge in [0, 0.05) is 5.56 Å². The average Bonchev–Trinajstić information content (AvgIpc) is 2.27. The molecule has 1 unspecified atom stereocenters. The summed E-state index contributed by atoms with van der Waals surface area (Å²) in [7, 11) is 1.45. The van der Waals surface area contributed by atoms with Crippen molar-refractivity contribution >= 4 is 0 Å². The zero-order chi connectivity index (χ0) is 13.8. The van der Waals surface area contributed by atoms with E-state index >= 15 is 0 Å². The first-order valence-corrected chi connectivity index (χ1v) is 5.14. The molecule has 0 amide bonds. The predicted octanol–water partition coefficient (Wildman–Crippen LogP) is 2.55. The Labute approximate surface area is 102 Å². The van der Waals surface area contributed by atoms with E-state index in [0.717, 1.165) is 0 Å². The number of aromatic hydroxyl groups is 1. The molecule has 0 fully saturated rings.